The molecule has 5 nitrogen and oxygen atoms in total. The maximum atomic E-state index is 10.7. The molecule has 4 aliphatic carbocycles. The van der Waals surface area contributed by atoms with Gasteiger partial charge >= 0.3 is 0 Å². The fourth-order valence-corrected chi connectivity index (χ4v) is 12.4. The number of aryl methyl sites for hydroxylation is 1. The van der Waals surface area contributed by atoms with Crippen molar-refractivity contribution < 1.29 is 18.4 Å². The van der Waals surface area contributed by atoms with Crippen molar-refractivity contribution in [3.63, 3.8) is 0 Å². The minimum Gasteiger partial charge on any atom is -0.443 e. The lowest BCUT2D eigenvalue weighted by Gasteiger charge is -2.50. The zero-order valence-corrected chi connectivity index (χ0v) is 38.4. The predicted molar refractivity (Wildman–Crippen MR) is 227 cm³/mol. The van der Waals surface area contributed by atoms with Crippen LogP contribution in [-0.4, -0.2) is 38.9 Å². The second-order valence-electron chi connectivity index (χ2n) is 21.4. The Balaban J connectivity index is 1.52. The van der Waals surface area contributed by atoms with Crippen LogP contribution in [-0.2, 0) is 20.9 Å². The van der Waals surface area contributed by atoms with Gasteiger partial charge in [-0.3, -0.25) is 0 Å². The van der Waals surface area contributed by atoms with Crippen LogP contribution in [0.15, 0.2) is 46.1 Å². The molecule has 4 aliphatic rings. The summed E-state index contributed by atoms with van der Waals surface area (Å²) < 4.78 is 21.7. The van der Waals surface area contributed by atoms with E-state index in [1.165, 1.54) is 50.5 Å². The van der Waals surface area contributed by atoms with Crippen LogP contribution in [0.3, 0.4) is 0 Å². The summed E-state index contributed by atoms with van der Waals surface area (Å²) in [6.07, 6.45) is 22.0. The number of allylic oxidation sites excluding steroid dienone is 3. The van der Waals surface area contributed by atoms with Crippen LogP contribution in [0.2, 0.25) is 36.3 Å². The third-order valence-electron chi connectivity index (χ3n) is 15.3. The summed E-state index contributed by atoms with van der Waals surface area (Å²) in [5.41, 5.74) is 3.54. The molecule has 0 bridgehead atoms. The van der Waals surface area contributed by atoms with Gasteiger partial charge in [0.05, 0.1) is 18.4 Å². The van der Waals surface area contributed by atoms with E-state index < -0.39 is 22.2 Å². The lowest BCUT2D eigenvalue weighted by Crippen LogP contribution is -2.53. The number of nitrogens with zero attached hydrogens (tertiary/aromatic N) is 1. The summed E-state index contributed by atoms with van der Waals surface area (Å²) in [7, 11) is -4.46. The molecule has 7 atom stereocenters. The van der Waals surface area contributed by atoms with Gasteiger partial charge in [0.1, 0.15) is 11.4 Å². The van der Waals surface area contributed by atoms with E-state index in [0.717, 1.165) is 49.4 Å². The molecule has 0 amide bonds. The van der Waals surface area contributed by atoms with Gasteiger partial charge in [0.2, 0.25) is 5.89 Å². The SMILES string of the molecule is C=C1C(=CC=C2CCC[C@]3(C)[C@@H]([C@H](C)CC[C@H](O)C4CC4)CC[C@@H]23)C[C@](O[Si](C)(C)C(C)(C)C)(c2ncc(CCCC)o2)C[C@@H]1O[Si](C)(C)C(C)(C)C. The first-order valence-corrected chi connectivity index (χ1v) is 27.5. The number of unbranched alkanes of at least 4 members (excludes halogenated alkanes) is 1. The Hall–Kier alpha value is -1.26. The Morgan fingerprint density at radius 3 is 2.32 bits per heavy atom. The van der Waals surface area contributed by atoms with E-state index >= 15 is 0 Å². The molecule has 0 spiro atoms. The number of hydrogen-bond acceptors (Lipinski definition) is 5. The number of rotatable bonds is 14. The van der Waals surface area contributed by atoms with Crippen LogP contribution >= 0.6 is 0 Å². The van der Waals surface area contributed by atoms with Gasteiger partial charge in [0.15, 0.2) is 16.6 Å². The number of hydrogen-bond donors (Lipinski definition) is 1. The molecule has 1 aromatic rings. The van der Waals surface area contributed by atoms with Gasteiger partial charge in [-0.1, -0.05) is 93.0 Å². The third-order valence-corrected chi connectivity index (χ3v) is 24.3. The van der Waals surface area contributed by atoms with E-state index in [1.807, 2.05) is 6.20 Å². The first kappa shape index (κ1) is 42.9. The van der Waals surface area contributed by atoms with Crippen LogP contribution in [0.25, 0.3) is 0 Å². The van der Waals surface area contributed by atoms with E-state index in [0.29, 0.717) is 41.9 Å². The highest BCUT2D eigenvalue weighted by atomic mass is 28.4. The Bertz CT molecular complexity index is 1490. The molecule has 0 radical (unpaired) electrons. The zero-order chi connectivity index (χ0) is 39.2. The van der Waals surface area contributed by atoms with Gasteiger partial charge in [-0.2, -0.15) is 0 Å². The highest BCUT2D eigenvalue weighted by Crippen LogP contribution is 2.60. The van der Waals surface area contributed by atoms with Crippen molar-refractivity contribution in [1.29, 1.82) is 0 Å². The lowest BCUT2D eigenvalue weighted by atomic mass is 9.60. The first-order valence-electron chi connectivity index (χ1n) is 21.6. The number of aliphatic hydroxyl groups excluding tert-OH is 1. The molecule has 1 N–H and O–H groups in total. The second-order valence-corrected chi connectivity index (χ2v) is 30.8. The summed E-state index contributed by atoms with van der Waals surface area (Å²) >= 11 is 0. The number of fused-ring (bicyclic) bond motifs is 1. The molecule has 53 heavy (non-hydrogen) atoms. The fraction of sp³-hybridized carbons (Fsp3) is 0.804. The Kier molecular flexibility index (Phi) is 12.9. The molecule has 7 heteroatoms. The minimum atomic E-state index is -2.29. The molecule has 300 valence electrons. The first-order chi connectivity index (χ1) is 24.5. The molecule has 0 aliphatic heterocycles. The predicted octanol–water partition coefficient (Wildman–Crippen LogP) is 13.2. The summed E-state index contributed by atoms with van der Waals surface area (Å²) in [6, 6.07) is 0. The van der Waals surface area contributed by atoms with Crippen LogP contribution in [0, 0.1) is 29.1 Å². The summed E-state index contributed by atoms with van der Waals surface area (Å²) in [5.74, 6) is 4.23. The maximum Gasteiger partial charge on any atom is 0.225 e. The number of oxazole rings is 1. The largest absolute Gasteiger partial charge is 0.443 e. The quantitative estimate of drug-likeness (QED) is 0.191. The molecular formula is C46H79NO4Si2. The van der Waals surface area contributed by atoms with Crippen molar-refractivity contribution in [2.24, 2.45) is 29.1 Å². The normalized spacial score (nSPS) is 31.7. The molecule has 0 unspecified atom stereocenters. The highest BCUT2D eigenvalue weighted by Gasteiger charge is 2.54. The molecule has 4 saturated carbocycles. The van der Waals surface area contributed by atoms with Crippen molar-refractivity contribution in [3.8, 4) is 0 Å². The van der Waals surface area contributed by atoms with Crippen molar-refractivity contribution in [3.05, 3.63) is 53.3 Å². The fourth-order valence-electron chi connectivity index (χ4n) is 9.62. The van der Waals surface area contributed by atoms with Gasteiger partial charge in [0, 0.05) is 19.3 Å². The van der Waals surface area contributed by atoms with Gasteiger partial charge in [-0.15, -0.1) is 0 Å². The second kappa shape index (κ2) is 15.9. The van der Waals surface area contributed by atoms with Crippen LogP contribution < -0.4 is 0 Å². The smallest absolute Gasteiger partial charge is 0.225 e. The third kappa shape index (κ3) is 9.32. The number of aromatic nitrogens is 1. The topological polar surface area (TPSA) is 64.7 Å². The monoisotopic (exact) mass is 766 g/mol. The standard InChI is InChI=1S/C46H79NO4Si2/c1-15-16-19-37-31-47-42(49-37)46(51-53(13,14)44(7,8)9)29-36(33(3)41(30-46)50-52(11,12)43(4,5)6)24-21-34-18-17-28-45(10)38(25-26-39(34)45)32(2)20-27-40(48)35-22-23-35/h21,24,31-32,35,38-41,48H,3,15-20,22-23,25-30H2,1-2,4-14H3/t32-,38-,39+,40+,41+,45-,46-/m1/s1. The lowest BCUT2D eigenvalue weighted by molar-refractivity contribution is -0.0234. The molecule has 1 aromatic heterocycles. The molecule has 4 fully saturated rings. The van der Waals surface area contributed by atoms with Gasteiger partial charge in [-0.05, 0) is 141 Å². The molecule has 5 rings (SSSR count). The van der Waals surface area contributed by atoms with E-state index in [4.69, 9.17) is 24.8 Å². The maximum absolute atomic E-state index is 10.7. The van der Waals surface area contributed by atoms with Gasteiger partial charge in [-0.25, -0.2) is 4.98 Å². The Labute approximate surface area is 327 Å². The minimum absolute atomic E-state index is 0.0203. The summed E-state index contributed by atoms with van der Waals surface area (Å²) in [4.78, 5) is 5.03. The summed E-state index contributed by atoms with van der Waals surface area (Å²) in [6.45, 7) is 35.5. The van der Waals surface area contributed by atoms with E-state index in [9.17, 15) is 5.11 Å². The van der Waals surface area contributed by atoms with Crippen LogP contribution in [0.1, 0.15) is 157 Å². The van der Waals surface area contributed by atoms with Crippen molar-refractivity contribution in [1.82, 2.24) is 4.98 Å². The van der Waals surface area contributed by atoms with Crippen LogP contribution in [0.4, 0.5) is 0 Å². The molecule has 0 aromatic carbocycles. The average Bonchev–Trinajstić information content (AvgIpc) is 3.68. The van der Waals surface area contributed by atoms with Crippen molar-refractivity contribution >= 4 is 16.6 Å². The van der Waals surface area contributed by atoms with Crippen molar-refractivity contribution in [2.75, 3.05) is 0 Å². The van der Waals surface area contributed by atoms with E-state index in [2.05, 4.69) is 101 Å². The zero-order valence-electron chi connectivity index (χ0n) is 36.4. The van der Waals surface area contributed by atoms with Gasteiger partial charge < -0.3 is 18.4 Å². The van der Waals surface area contributed by atoms with E-state index in [-0.39, 0.29) is 22.3 Å². The van der Waals surface area contributed by atoms with Crippen LogP contribution in [0.5, 0.6) is 0 Å². The van der Waals surface area contributed by atoms with E-state index in [1.54, 1.807) is 5.57 Å². The average molecular weight is 766 g/mol. The van der Waals surface area contributed by atoms with Gasteiger partial charge in [0.25, 0.3) is 0 Å². The van der Waals surface area contributed by atoms with Crippen molar-refractivity contribution in [2.45, 2.75) is 206 Å². The summed E-state index contributed by atoms with van der Waals surface area (Å²) in [5, 5.41) is 10.7. The molecule has 1 heterocycles. The Morgan fingerprint density at radius 2 is 1.70 bits per heavy atom. The molecular weight excluding hydrogens is 687 g/mol. The number of aliphatic hydroxyl groups is 1. The molecule has 0 saturated heterocycles. The Morgan fingerprint density at radius 1 is 1.02 bits per heavy atom. The highest BCUT2D eigenvalue weighted by molar-refractivity contribution is 6.74.